The van der Waals surface area contributed by atoms with Gasteiger partial charge in [0.2, 0.25) is 0 Å². The lowest BCUT2D eigenvalue weighted by atomic mass is 10.0. The minimum absolute atomic E-state index is 0.247. The van der Waals surface area contributed by atoms with Crippen molar-refractivity contribution >= 4 is 17.5 Å². The van der Waals surface area contributed by atoms with Crippen molar-refractivity contribution in [3.05, 3.63) is 77.9 Å². The van der Waals surface area contributed by atoms with E-state index in [-0.39, 0.29) is 11.8 Å². The number of hydrogen-bond acceptors (Lipinski definition) is 2. The Labute approximate surface area is 137 Å². The highest BCUT2D eigenvalue weighted by Gasteiger charge is 2.36. The van der Waals surface area contributed by atoms with E-state index in [2.05, 4.69) is 20.4 Å². The molecule has 0 saturated carbocycles. The third kappa shape index (κ3) is 3.24. The van der Waals surface area contributed by atoms with E-state index < -0.39 is 0 Å². The molecule has 0 fully saturated rings. The van der Waals surface area contributed by atoms with E-state index in [4.69, 9.17) is 0 Å². The molecule has 1 aliphatic heterocycles. The Hall–Kier alpha value is -2.68. The van der Waals surface area contributed by atoms with Crippen molar-refractivity contribution in [1.29, 1.82) is 0 Å². The Morgan fingerprint density at radius 2 is 1.35 bits per heavy atom. The van der Waals surface area contributed by atoms with E-state index in [1.165, 1.54) is 10.5 Å². The summed E-state index contributed by atoms with van der Waals surface area (Å²) in [6, 6.07) is 14.5. The van der Waals surface area contributed by atoms with Crippen LogP contribution in [-0.2, 0) is 0 Å². The van der Waals surface area contributed by atoms with Gasteiger partial charge >= 0.3 is 0 Å². The molecule has 0 radical (unpaired) electrons. The fourth-order valence-corrected chi connectivity index (χ4v) is 2.43. The van der Waals surface area contributed by atoms with Gasteiger partial charge < -0.3 is 0 Å². The van der Waals surface area contributed by atoms with Crippen LogP contribution >= 0.6 is 0 Å². The highest BCUT2D eigenvalue weighted by atomic mass is 16.2. The van der Waals surface area contributed by atoms with E-state index in [1.54, 1.807) is 30.3 Å². The van der Waals surface area contributed by atoms with Crippen LogP contribution < -0.4 is 4.90 Å². The zero-order chi connectivity index (χ0) is 17.0. The van der Waals surface area contributed by atoms with E-state index in [1.807, 2.05) is 31.2 Å². The standard InChI is InChI=1S/C17H15NO2.C3H6/c1-11(2)12-7-9-13(10-8-12)18-16(19)14-5-3-4-6-15(14)17(18)20;1-3-2/h3-11H,1-2H3;3H,1H2,2H3. The number of carbonyl (C=O) groups excluding carboxylic acids is 2. The van der Waals surface area contributed by atoms with Gasteiger partial charge in [0.15, 0.2) is 0 Å². The topological polar surface area (TPSA) is 37.4 Å². The van der Waals surface area contributed by atoms with Gasteiger partial charge in [-0.15, -0.1) is 6.58 Å². The van der Waals surface area contributed by atoms with E-state index >= 15 is 0 Å². The molecule has 0 N–H and O–H groups in total. The van der Waals surface area contributed by atoms with Crippen LogP contribution in [0.15, 0.2) is 61.2 Å². The number of anilines is 1. The second-order valence-electron chi connectivity index (χ2n) is 5.65. The molecule has 2 aromatic rings. The lowest BCUT2D eigenvalue weighted by Gasteiger charge is -2.15. The first-order valence-electron chi connectivity index (χ1n) is 7.66. The maximum Gasteiger partial charge on any atom is 0.266 e. The predicted molar refractivity (Wildman–Crippen MR) is 94.0 cm³/mol. The van der Waals surface area contributed by atoms with Gasteiger partial charge in [-0.05, 0) is 42.7 Å². The largest absolute Gasteiger partial charge is 0.268 e. The molecule has 0 saturated heterocycles. The number of nitrogens with zero attached hydrogens (tertiary/aromatic N) is 1. The first-order valence-corrected chi connectivity index (χ1v) is 7.66. The SMILES string of the molecule is C=CC.CC(C)c1ccc(N2C(=O)c3ccccc3C2=O)cc1. The summed E-state index contributed by atoms with van der Waals surface area (Å²) in [4.78, 5) is 25.9. The Bertz CT molecular complexity index is 695. The van der Waals surface area contributed by atoms with Crippen LogP contribution in [0.1, 0.15) is 53.0 Å². The van der Waals surface area contributed by atoms with Gasteiger partial charge in [-0.2, -0.15) is 0 Å². The number of benzene rings is 2. The molecule has 0 aromatic heterocycles. The number of carbonyl (C=O) groups is 2. The van der Waals surface area contributed by atoms with Crippen molar-refractivity contribution in [2.45, 2.75) is 26.7 Å². The fourth-order valence-electron chi connectivity index (χ4n) is 2.43. The number of rotatable bonds is 2. The molecule has 3 rings (SSSR count). The Morgan fingerprint density at radius 3 is 1.74 bits per heavy atom. The summed E-state index contributed by atoms with van der Waals surface area (Å²) in [5.74, 6) is -0.0722. The molecular weight excluding hydrogens is 286 g/mol. The predicted octanol–water partition coefficient (Wildman–Crippen LogP) is 4.80. The van der Waals surface area contributed by atoms with Gasteiger partial charge in [0, 0.05) is 0 Å². The molecule has 0 aliphatic carbocycles. The van der Waals surface area contributed by atoms with Crippen LogP contribution in [0.25, 0.3) is 0 Å². The van der Waals surface area contributed by atoms with Crippen molar-refractivity contribution in [2.75, 3.05) is 4.90 Å². The van der Waals surface area contributed by atoms with Gasteiger partial charge in [0.1, 0.15) is 0 Å². The summed E-state index contributed by atoms with van der Waals surface area (Å²) in [6.45, 7) is 9.47. The van der Waals surface area contributed by atoms with Crippen molar-refractivity contribution in [2.24, 2.45) is 0 Å². The molecular formula is C20H21NO2. The highest BCUT2D eigenvalue weighted by Crippen LogP contribution is 2.29. The fraction of sp³-hybridized carbons (Fsp3) is 0.200. The van der Waals surface area contributed by atoms with Crippen LogP contribution in [0.4, 0.5) is 5.69 Å². The summed E-state index contributed by atoms with van der Waals surface area (Å²) in [5.41, 5.74) is 2.77. The molecule has 1 aliphatic rings. The summed E-state index contributed by atoms with van der Waals surface area (Å²) >= 11 is 0. The second-order valence-corrected chi connectivity index (χ2v) is 5.65. The van der Waals surface area contributed by atoms with Crippen molar-refractivity contribution in [3.63, 3.8) is 0 Å². The monoisotopic (exact) mass is 307 g/mol. The lowest BCUT2D eigenvalue weighted by Crippen LogP contribution is -2.29. The molecule has 0 spiro atoms. The van der Waals surface area contributed by atoms with E-state index in [0.29, 0.717) is 22.7 Å². The van der Waals surface area contributed by atoms with Gasteiger partial charge in [-0.1, -0.05) is 44.2 Å². The second kappa shape index (κ2) is 7.05. The number of fused-ring (bicyclic) bond motifs is 1. The third-order valence-corrected chi connectivity index (χ3v) is 3.61. The molecule has 3 nitrogen and oxygen atoms in total. The summed E-state index contributed by atoms with van der Waals surface area (Å²) < 4.78 is 0. The molecule has 23 heavy (non-hydrogen) atoms. The molecule has 0 atom stereocenters. The first-order chi connectivity index (χ1) is 11.0. The zero-order valence-corrected chi connectivity index (χ0v) is 13.7. The minimum Gasteiger partial charge on any atom is -0.268 e. The minimum atomic E-state index is -0.247. The van der Waals surface area contributed by atoms with Gasteiger partial charge in [0.05, 0.1) is 16.8 Å². The lowest BCUT2D eigenvalue weighted by molar-refractivity contribution is 0.0926. The molecule has 0 unspecified atom stereocenters. The quantitative estimate of drug-likeness (QED) is 0.590. The van der Waals surface area contributed by atoms with Gasteiger partial charge in [-0.25, -0.2) is 4.90 Å². The van der Waals surface area contributed by atoms with Crippen molar-refractivity contribution in [3.8, 4) is 0 Å². The molecule has 118 valence electrons. The van der Waals surface area contributed by atoms with Crippen LogP contribution in [0.3, 0.4) is 0 Å². The van der Waals surface area contributed by atoms with Crippen LogP contribution in [0, 0.1) is 0 Å². The highest BCUT2D eigenvalue weighted by molar-refractivity contribution is 6.34. The average Bonchev–Trinajstić information content (AvgIpc) is 2.80. The Morgan fingerprint density at radius 1 is 0.913 bits per heavy atom. The van der Waals surface area contributed by atoms with Crippen molar-refractivity contribution < 1.29 is 9.59 Å². The third-order valence-electron chi connectivity index (χ3n) is 3.61. The normalized spacial score (nSPS) is 12.8. The van der Waals surface area contributed by atoms with E-state index in [9.17, 15) is 9.59 Å². The molecule has 2 amide bonds. The summed E-state index contributed by atoms with van der Waals surface area (Å²) in [7, 11) is 0. The maximum atomic E-state index is 12.3. The Balaban J connectivity index is 0.000000595. The molecule has 2 aromatic carbocycles. The number of allylic oxidation sites excluding steroid dienone is 1. The van der Waals surface area contributed by atoms with Crippen LogP contribution in [0.5, 0.6) is 0 Å². The van der Waals surface area contributed by atoms with Crippen molar-refractivity contribution in [1.82, 2.24) is 0 Å². The molecule has 1 heterocycles. The number of amides is 2. The molecule has 0 bridgehead atoms. The van der Waals surface area contributed by atoms with Crippen LogP contribution in [-0.4, -0.2) is 11.8 Å². The van der Waals surface area contributed by atoms with Gasteiger partial charge in [-0.3, -0.25) is 9.59 Å². The number of imide groups is 1. The zero-order valence-electron chi connectivity index (χ0n) is 13.7. The summed E-state index contributed by atoms with van der Waals surface area (Å²) in [5, 5.41) is 0. The maximum absolute atomic E-state index is 12.3. The smallest absolute Gasteiger partial charge is 0.266 e. The molecule has 3 heteroatoms. The van der Waals surface area contributed by atoms with Gasteiger partial charge in [0.25, 0.3) is 11.8 Å². The number of hydrogen-bond donors (Lipinski definition) is 0. The average molecular weight is 307 g/mol. The first kappa shape index (κ1) is 16.7. The summed E-state index contributed by atoms with van der Waals surface area (Å²) in [6.07, 6.45) is 1.75. The Kier molecular flexibility index (Phi) is 5.12. The van der Waals surface area contributed by atoms with Crippen LogP contribution in [0.2, 0.25) is 0 Å². The van der Waals surface area contributed by atoms with E-state index in [0.717, 1.165) is 0 Å².